The van der Waals surface area contributed by atoms with E-state index >= 15 is 0 Å². The number of benzene rings is 1. The van der Waals surface area contributed by atoms with Crippen LogP contribution in [0.15, 0.2) is 47.8 Å². The highest BCUT2D eigenvalue weighted by atomic mass is 32.2. The van der Waals surface area contributed by atoms with Crippen molar-refractivity contribution in [1.29, 1.82) is 0 Å². The lowest BCUT2D eigenvalue weighted by molar-refractivity contribution is -0.119. The highest BCUT2D eigenvalue weighted by Crippen LogP contribution is 2.36. The zero-order valence-electron chi connectivity index (χ0n) is 16.5. The van der Waals surface area contributed by atoms with E-state index in [2.05, 4.69) is 15.3 Å². The quantitative estimate of drug-likeness (QED) is 0.592. The van der Waals surface area contributed by atoms with Crippen LogP contribution in [0.2, 0.25) is 0 Å². The molecule has 1 aromatic carbocycles. The molecule has 5 nitrogen and oxygen atoms in total. The van der Waals surface area contributed by atoms with Gasteiger partial charge in [0, 0.05) is 30.3 Å². The van der Waals surface area contributed by atoms with E-state index < -0.39 is 0 Å². The molecule has 1 amide bonds. The fourth-order valence-corrected chi connectivity index (χ4v) is 4.44. The summed E-state index contributed by atoms with van der Waals surface area (Å²) in [7, 11) is 1.91. The molecule has 0 unspecified atom stereocenters. The highest BCUT2D eigenvalue weighted by molar-refractivity contribution is 7.98. The molecule has 29 heavy (non-hydrogen) atoms. The molecule has 4 rings (SSSR count). The smallest absolute Gasteiger partial charge is 0.228 e. The van der Waals surface area contributed by atoms with Crippen molar-refractivity contribution in [3.8, 4) is 22.5 Å². The third-order valence-electron chi connectivity index (χ3n) is 5.38. The third-order valence-corrected chi connectivity index (χ3v) is 6.11. The number of nitrogens with zero attached hydrogens (tertiary/aromatic N) is 3. The summed E-state index contributed by atoms with van der Waals surface area (Å²) in [6.45, 7) is 0. The predicted octanol–water partition coefficient (Wildman–Crippen LogP) is 5.14. The molecule has 150 valence electrons. The zero-order valence-corrected chi connectivity index (χ0v) is 17.3. The fourth-order valence-electron chi connectivity index (χ4n) is 3.89. The first kappa shape index (κ1) is 19.6. The molecule has 3 aromatic rings. The van der Waals surface area contributed by atoms with Gasteiger partial charge in [0.2, 0.25) is 5.91 Å². The van der Waals surface area contributed by atoms with E-state index in [1.54, 1.807) is 24.4 Å². The predicted molar refractivity (Wildman–Crippen MR) is 114 cm³/mol. The maximum Gasteiger partial charge on any atom is 0.228 e. The molecule has 1 N–H and O–H groups in total. The fraction of sp³-hybridized carbons (Fsp3) is 0.318. The summed E-state index contributed by atoms with van der Waals surface area (Å²) in [5.41, 5.74) is 2.65. The second-order valence-corrected chi connectivity index (χ2v) is 8.01. The first-order chi connectivity index (χ1) is 14.1. The van der Waals surface area contributed by atoms with Gasteiger partial charge in [-0.2, -0.15) is 0 Å². The maximum absolute atomic E-state index is 14.5. The van der Waals surface area contributed by atoms with E-state index in [0.29, 0.717) is 17.1 Å². The molecule has 0 radical (unpaired) electrons. The number of halogens is 1. The molecule has 0 aliphatic heterocycles. The number of rotatable bonds is 5. The van der Waals surface area contributed by atoms with E-state index in [4.69, 9.17) is 0 Å². The van der Waals surface area contributed by atoms with Crippen LogP contribution in [0.1, 0.15) is 25.7 Å². The van der Waals surface area contributed by atoms with Gasteiger partial charge in [0.05, 0.1) is 5.69 Å². The normalized spacial score (nSPS) is 14.3. The Hall–Kier alpha value is -2.67. The molecule has 2 aromatic heterocycles. The lowest BCUT2D eigenvalue weighted by atomic mass is 10.0. The van der Waals surface area contributed by atoms with E-state index in [9.17, 15) is 9.18 Å². The number of aromatic nitrogens is 3. The van der Waals surface area contributed by atoms with Crippen molar-refractivity contribution in [2.45, 2.75) is 30.8 Å². The van der Waals surface area contributed by atoms with Gasteiger partial charge in [0.25, 0.3) is 0 Å². The summed E-state index contributed by atoms with van der Waals surface area (Å²) < 4.78 is 16.5. The van der Waals surface area contributed by atoms with Gasteiger partial charge in [-0.05, 0) is 43.4 Å². The topological polar surface area (TPSA) is 59.8 Å². The molecular formula is C22H23FN4OS. The van der Waals surface area contributed by atoms with Crippen LogP contribution in [0.3, 0.4) is 0 Å². The Bertz CT molecular complexity index is 1040. The Balaban J connectivity index is 1.74. The average molecular weight is 411 g/mol. The number of pyridine rings is 1. The van der Waals surface area contributed by atoms with E-state index in [0.717, 1.165) is 42.1 Å². The molecule has 1 aliphatic rings. The van der Waals surface area contributed by atoms with Crippen LogP contribution in [-0.4, -0.2) is 26.7 Å². The van der Waals surface area contributed by atoms with Crippen LogP contribution in [-0.2, 0) is 11.8 Å². The van der Waals surface area contributed by atoms with Gasteiger partial charge in [0.1, 0.15) is 17.3 Å². The molecule has 7 heteroatoms. The van der Waals surface area contributed by atoms with Crippen molar-refractivity contribution >= 4 is 23.5 Å². The second kappa shape index (κ2) is 8.37. The zero-order chi connectivity index (χ0) is 20.4. The highest BCUT2D eigenvalue weighted by Gasteiger charge is 2.24. The number of imidazole rings is 1. The summed E-state index contributed by atoms with van der Waals surface area (Å²) in [4.78, 5) is 21.5. The Morgan fingerprint density at radius 2 is 2.00 bits per heavy atom. The minimum absolute atomic E-state index is 0.0243. The van der Waals surface area contributed by atoms with Crippen LogP contribution < -0.4 is 5.32 Å². The molecule has 0 atom stereocenters. The van der Waals surface area contributed by atoms with Crippen LogP contribution in [0.25, 0.3) is 22.5 Å². The molecule has 0 spiro atoms. The molecule has 1 saturated carbocycles. The van der Waals surface area contributed by atoms with Gasteiger partial charge in [-0.15, -0.1) is 0 Å². The first-order valence-electron chi connectivity index (χ1n) is 9.71. The van der Waals surface area contributed by atoms with Gasteiger partial charge in [0.15, 0.2) is 5.16 Å². The molecule has 1 aliphatic carbocycles. The summed E-state index contributed by atoms with van der Waals surface area (Å²) in [5.74, 6) is 0.277. The largest absolute Gasteiger partial charge is 0.322 e. The second-order valence-electron chi connectivity index (χ2n) is 7.23. The Morgan fingerprint density at radius 1 is 1.24 bits per heavy atom. The number of carbonyl (C=O) groups excluding carboxylic acids is 1. The Morgan fingerprint density at radius 3 is 2.72 bits per heavy atom. The lowest BCUT2D eigenvalue weighted by Gasteiger charge is -2.12. The Kier molecular flexibility index (Phi) is 5.67. The van der Waals surface area contributed by atoms with E-state index in [1.807, 2.05) is 30.0 Å². The number of anilines is 1. The third kappa shape index (κ3) is 3.92. The van der Waals surface area contributed by atoms with Crippen molar-refractivity contribution in [2.24, 2.45) is 13.0 Å². The SMILES string of the molecule is CSc1nc(-c2ccccc2F)c(-c2ccnc(NC(=O)C3CCCC3)c2)n1C. The number of nitrogens with one attached hydrogen (secondary N) is 1. The van der Waals surface area contributed by atoms with Crippen LogP contribution >= 0.6 is 11.8 Å². The van der Waals surface area contributed by atoms with Crippen molar-refractivity contribution in [1.82, 2.24) is 14.5 Å². The molecule has 0 bridgehead atoms. The van der Waals surface area contributed by atoms with Crippen molar-refractivity contribution in [2.75, 3.05) is 11.6 Å². The van der Waals surface area contributed by atoms with Gasteiger partial charge < -0.3 is 9.88 Å². The van der Waals surface area contributed by atoms with Gasteiger partial charge >= 0.3 is 0 Å². The molecule has 2 heterocycles. The first-order valence-corrected chi connectivity index (χ1v) is 10.9. The van der Waals surface area contributed by atoms with E-state index in [-0.39, 0.29) is 17.6 Å². The Labute approximate surface area is 173 Å². The maximum atomic E-state index is 14.5. The van der Waals surface area contributed by atoms with Gasteiger partial charge in [-0.25, -0.2) is 14.4 Å². The molecular weight excluding hydrogens is 387 g/mol. The number of thioether (sulfide) groups is 1. The lowest BCUT2D eigenvalue weighted by Crippen LogP contribution is -2.20. The average Bonchev–Trinajstić information content (AvgIpc) is 3.37. The van der Waals surface area contributed by atoms with Crippen molar-refractivity contribution in [3.05, 3.63) is 48.4 Å². The number of hydrogen-bond donors (Lipinski definition) is 1. The van der Waals surface area contributed by atoms with Gasteiger partial charge in [-0.3, -0.25) is 4.79 Å². The van der Waals surface area contributed by atoms with E-state index in [1.165, 1.54) is 17.8 Å². The van der Waals surface area contributed by atoms with Crippen LogP contribution in [0, 0.1) is 11.7 Å². The van der Waals surface area contributed by atoms with Gasteiger partial charge in [-0.1, -0.05) is 36.7 Å². The minimum atomic E-state index is -0.316. The minimum Gasteiger partial charge on any atom is -0.322 e. The molecule has 1 fully saturated rings. The number of carbonyl (C=O) groups is 1. The summed E-state index contributed by atoms with van der Waals surface area (Å²) in [6.07, 6.45) is 7.67. The molecule has 0 saturated heterocycles. The van der Waals surface area contributed by atoms with Crippen molar-refractivity contribution < 1.29 is 9.18 Å². The number of hydrogen-bond acceptors (Lipinski definition) is 4. The van der Waals surface area contributed by atoms with Crippen LogP contribution in [0.5, 0.6) is 0 Å². The summed E-state index contributed by atoms with van der Waals surface area (Å²) in [6, 6.07) is 10.3. The standard InChI is InChI=1S/C22H23FN4OS/c1-27-20(19(26-22(27)29-2)16-9-5-6-10-17(16)23)15-11-12-24-18(13-15)25-21(28)14-7-3-4-8-14/h5-6,9-14H,3-4,7-8H2,1-2H3,(H,24,25,28). The summed E-state index contributed by atoms with van der Waals surface area (Å²) >= 11 is 1.50. The van der Waals surface area contributed by atoms with Crippen LogP contribution in [0.4, 0.5) is 10.2 Å². The number of amides is 1. The van der Waals surface area contributed by atoms with Crippen molar-refractivity contribution in [3.63, 3.8) is 0 Å². The summed E-state index contributed by atoms with van der Waals surface area (Å²) in [5, 5.41) is 3.73. The monoisotopic (exact) mass is 410 g/mol.